The number of hydrogen-bond donors (Lipinski definition) is 0. The fraction of sp³-hybridized carbons (Fsp3) is 0.304. The molecular weight excluding hydrogens is 424 g/mol. The molecule has 1 fully saturated rings. The van der Waals surface area contributed by atoms with E-state index in [-0.39, 0.29) is 0 Å². The minimum atomic E-state index is -2.23. The van der Waals surface area contributed by atoms with Crippen molar-refractivity contribution in [3.05, 3.63) is 83.4 Å². The van der Waals surface area contributed by atoms with Crippen LogP contribution in [0.4, 0.5) is 0 Å². The minimum Gasteiger partial charge on any atom is -0.268 e. The van der Waals surface area contributed by atoms with E-state index < -0.39 is 6.19 Å². The zero-order valence-corrected chi connectivity index (χ0v) is 19.5. The second kappa shape index (κ2) is 9.74. The largest absolute Gasteiger partial charge is 0.268 e. The minimum absolute atomic E-state index is 0.610. The highest BCUT2D eigenvalue weighted by molar-refractivity contribution is 8.16. The molecule has 148 valence electrons. The Kier molecular flexibility index (Phi) is 7.59. The monoisotopic (exact) mass is 449 g/mol. The van der Waals surface area contributed by atoms with Crippen molar-refractivity contribution in [1.82, 2.24) is 4.67 Å². The highest BCUT2D eigenvalue weighted by Crippen LogP contribution is 2.58. The number of nitrogens with zero attached hydrogens (tertiary/aromatic N) is 1. The first-order valence-corrected chi connectivity index (χ1v) is 13.2. The summed E-state index contributed by atoms with van der Waals surface area (Å²) in [5, 5.41) is 1.40. The molecule has 28 heavy (non-hydrogen) atoms. The first-order valence-electron chi connectivity index (χ1n) is 9.60. The Balaban J connectivity index is 2.04. The average molecular weight is 450 g/mol. The molecule has 1 aliphatic heterocycles. The van der Waals surface area contributed by atoms with Gasteiger partial charge in [0, 0.05) is 13.1 Å². The van der Waals surface area contributed by atoms with Gasteiger partial charge in [-0.2, -0.15) is 0 Å². The van der Waals surface area contributed by atoms with Gasteiger partial charge in [0.2, 0.25) is 0 Å². The summed E-state index contributed by atoms with van der Waals surface area (Å²) >= 11 is 19.8. The molecule has 0 radical (unpaired) electrons. The van der Waals surface area contributed by atoms with Gasteiger partial charge >= 0.3 is 0 Å². The molecule has 5 heteroatoms. The second-order valence-electron chi connectivity index (χ2n) is 7.68. The summed E-state index contributed by atoms with van der Waals surface area (Å²) in [5.74, 6) is 5.38. The normalized spacial score (nSPS) is 24.0. The van der Waals surface area contributed by atoms with Crippen molar-refractivity contribution in [1.29, 1.82) is 0 Å². The van der Waals surface area contributed by atoms with Crippen LogP contribution >= 0.6 is 29.4 Å². The third kappa shape index (κ3) is 5.59. The van der Waals surface area contributed by atoms with Gasteiger partial charge in [-0.1, -0.05) is 110 Å². The fourth-order valence-corrected chi connectivity index (χ4v) is 8.70. The predicted octanol–water partition coefficient (Wildman–Crippen LogP) is 7.83. The smallest absolute Gasteiger partial charge is 0.0600 e. The molecule has 0 N–H and O–H groups in total. The van der Waals surface area contributed by atoms with Gasteiger partial charge in [0.15, 0.2) is 0 Å². The number of piperidine rings is 1. The molecule has 2 aromatic carbocycles. The molecule has 1 aliphatic rings. The summed E-state index contributed by atoms with van der Waals surface area (Å²) in [7, 11) is 0. The van der Waals surface area contributed by atoms with Crippen molar-refractivity contribution in [2.75, 3.05) is 13.1 Å². The lowest BCUT2D eigenvalue weighted by Crippen LogP contribution is -2.35. The van der Waals surface area contributed by atoms with Crippen molar-refractivity contribution in [3.63, 3.8) is 0 Å². The standard InChI is InChI=1S/C23H26Cl2NPS/c1-18-13-19(2)15-26(14-18)27(28,16-22(24)20-9-5-3-6-10-20)17-23(25)21-11-7-4-8-12-21/h3-12,16-19H,13-15H2,1-2H3. The van der Waals surface area contributed by atoms with Gasteiger partial charge in [0.1, 0.15) is 0 Å². The molecule has 0 bridgehead atoms. The Morgan fingerprint density at radius 3 is 1.64 bits per heavy atom. The van der Waals surface area contributed by atoms with Crippen LogP contribution in [0.15, 0.2) is 72.3 Å². The maximum Gasteiger partial charge on any atom is 0.0600 e. The fourth-order valence-electron chi connectivity index (χ4n) is 3.75. The molecule has 1 heterocycles. The first-order chi connectivity index (χ1) is 13.4. The van der Waals surface area contributed by atoms with Crippen LogP contribution in [-0.4, -0.2) is 17.8 Å². The van der Waals surface area contributed by atoms with E-state index in [0.29, 0.717) is 21.9 Å². The Bertz CT molecular complexity index is 826. The average Bonchev–Trinajstić information content (AvgIpc) is 2.68. The number of halogens is 2. The van der Waals surface area contributed by atoms with Crippen molar-refractivity contribution in [2.45, 2.75) is 20.3 Å². The number of rotatable bonds is 5. The predicted molar refractivity (Wildman–Crippen MR) is 129 cm³/mol. The van der Waals surface area contributed by atoms with Crippen molar-refractivity contribution in [3.8, 4) is 0 Å². The van der Waals surface area contributed by atoms with E-state index in [0.717, 1.165) is 24.2 Å². The van der Waals surface area contributed by atoms with Crippen LogP contribution in [0, 0.1) is 11.8 Å². The molecule has 2 aromatic rings. The molecule has 2 unspecified atom stereocenters. The lowest BCUT2D eigenvalue weighted by molar-refractivity contribution is 0.232. The molecule has 0 saturated carbocycles. The molecular formula is C23H26Cl2NPS. The van der Waals surface area contributed by atoms with E-state index in [4.69, 9.17) is 35.0 Å². The van der Waals surface area contributed by atoms with E-state index in [1.807, 2.05) is 60.7 Å². The van der Waals surface area contributed by atoms with Gasteiger partial charge in [-0.15, -0.1) is 0 Å². The van der Waals surface area contributed by atoms with Gasteiger partial charge in [0.05, 0.1) is 16.3 Å². The Morgan fingerprint density at radius 1 is 0.857 bits per heavy atom. The highest BCUT2D eigenvalue weighted by atomic mass is 35.5. The SMILES string of the molecule is CC1CC(C)CN(P(=S)(C=C(Cl)c2ccccc2)C=C(Cl)c2ccccc2)C1. The summed E-state index contributed by atoms with van der Waals surface area (Å²) in [6, 6.07) is 20.0. The molecule has 1 saturated heterocycles. The van der Waals surface area contributed by atoms with Crippen LogP contribution in [0.3, 0.4) is 0 Å². The van der Waals surface area contributed by atoms with Crippen LogP contribution < -0.4 is 0 Å². The van der Waals surface area contributed by atoms with Crippen molar-refractivity contribution >= 4 is 51.3 Å². The van der Waals surface area contributed by atoms with Gasteiger partial charge < -0.3 is 0 Å². The molecule has 0 aliphatic carbocycles. The quantitative estimate of drug-likeness (QED) is 0.427. The van der Waals surface area contributed by atoms with Crippen LogP contribution in [0.1, 0.15) is 31.4 Å². The maximum absolute atomic E-state index is 6.74. The zero-order valence-electron chi connectivity index (χ0n) is 16.3. The summed E-state index contributed by atoms with van der Waals surface area (Å²) < 4.78 is 2.44. The second-order valence-corrected chi connectivity index (χ2v) is 12.7. The Hall–Kier alpha value is -0.890. The summed E-state index contributed by atoms with van der Waals surface area (Å²) in [6.45, 7) is 6.56. The van der Waals surface area contributed by atoms with Gasteiger partial charge in [0.25, 0.3) is 0 Å². The summed E-state index contributed by atoms with van der Waals surface area (Å²) in [6.07, 6.45) is -1.000. The number of benzene rings is 2. The van der Waals surface area contributed by atoms with E-state index in [1.165, 1.54) is 6.42 Å². The molecule has 1 nitrogen and oxygen atoms in total. The van der Waals surface area contributed by atoms with Crippen LogP contribution in [0.2, 0.25) is 0 Å². The molecule has 0 amide bonds. The Morgan fingerprint density at radius 2 is 1.25 bits per heavy atom. The molecule has 3 rings (SSSR count). The molecule has 2 atom stereocenters. The van der Waals surface area contributed by atoms with Gasteiger partial charge in [-0.05, 0) is 41.0 Å². The lowest BCUT2D eigenvalue weighted by Gasteiger charge is -2.40. The van der Waals surface area contributed by atoms with Crippen LogP contribution in [0.25, 0.3) is 10.1 Å². The topological polar surface area (TPSA) is 3.24 Å². The third-order valence-corrected chi connectivity index (χ3v) is 9.74. The number of hydrogen-bond acceptors (Lipinski definition) is 1. The molecule has 0 aromatic heterocycles. The van der Waals surface area contributed by atoms with E-state index in [1.54, 1.807) is 0 Å². The van der Waals surface area contributed by atoms with Gasteiger partial charge in [-0.25, -0.2) is 0 Å². The van der Waals surface area contributed by atoms with Crippen molar-refractivity contribution in [2.24, 2.45) is 11.8 Å². The first kappa shape index (κ1) is 21.8. The Labute approximate surface area is 184 Å². The lowest BCUT2D eigenvalue weighted by atomic mass is 9.94. The van der Waals surface area contributed by atoms with Crippen molar-refractivity contribution < 1.29 is 0 Å². The van der Waals surface area contributed by atoms with E-state index >= 15 is 0 Å². The van der Waals surface area contributed by atoms with E-state index in [9.17, 15) is 0 Å². The molecule has 0 spiro atoms. The van der Waals surface area contributed by atoms with Crippen LogP contribution in [-0.2, 0) is 11.8 Å². The summed E-state index contributed by atoms with van der Waals surface area (Å²) in [4.78, 5) is 0. The zero-order chi connectivity index (χ0) is 20.1. The van der Waals surface area contributed by atoms with Gasteiger partial charge in [-0.3, -0.25) is 4.67 Å². The summed E-state index contributed by atoms with van der Waals surface area (Å²) in [5.41, 5.74) is 1.97. The maximum atomic E-state index is 6.74. The highest BCUT2D eigenvalue weighted by Gasteiger charge is 2.30. The van der Waals surface area contributed by atoms with E-state index in [2.05, 4.69) is 30.2 Å². The van der Waals surface area contributed by atoms with Crippen LogP contribution in [0.5, 0.6) is 0 Å². The third-order valence-electron chi connectivity index (χ3n) is 4.99.